The van der Waals surface area contributed by atoms with Crippen molar-refractivity contribution in [3.63, 3.8) is 0 Å². The summed E-state index contributed by atoms with van der Waals surface area (Å²) in [7, 11) is 1.81. The summed E-state index contributed by atoms with van der Waals surface area (Å²) in [5, 5.41) is 1.34. The number of hydrogen-bond acceptors (Lipinski definition) is 2. The van der Waals surface area contributed by atoms with Gasteiger partial charge in [0.05, 0.1) is 6.67 Å². The molecule has 0 spiro atoms. The summed E-state index contributed by atoms with van der Waals surface area (Å²) in [4.78, 5) is 18.1. The van der Waals surface area contributed by atoms with Gasteiger partial charge < -0.3 is 9.88 Å². The number of carbonyl (C=O) groups is 1. The monoisotopic (exact) mass is 243 g/mol. The summed E-state index contributed by atoms with van der Waals surface area (Å²) < 4.78 is 0. The van der Waals surface area contributed by atoms with E-state index >= 15 is 0 Å². The van der Waals surface area contributed by atoms with Crippen LogP contribution in [-0.2, 0) is 17.8 Å². The van der Waals surface area contributed by atoms with E-state index in [4.69, 9.17) is 0 Å². The molecule has 0 radical (unpaired) electrons. The highest BCUT2D eigenvalue weighted by molar-refractivity contribution is 5.84. The average Bonchev–Trinajstić information content (AvgIpc) is 2.76. The third-order valence-electron chi connectivity index (χ3n) is 3.56. The van der Waals surface area contributed by atoms with Gasteiger partial charge in [-0.3, -0.25) is 9.69 Å². The number of benzene rings is 1. The largest absolute Gasteiger partial charge is 0.357 e. The first-order valence-electron chi connectivity index (χ1n) is 6.24. The molecule has 0 saturated carbocycles. The van der Waals surface area contributed by atoms with Crippen LogP contribution in [0.5, 0.6) is 0 Å². The molecule has 1 aromatic carbocycles. The fourth-order valence-electron chi connectivity index (χ4n) is 2.72. The zero-order valence-electron chi connectivity index (χ0n) is 10.5. The fraction of sp³-hybridized carbons (Fsp3) is 0.357. The molecular formula is C14H17N3O. The normalized spacial score (nSPS) is 15.6. The molecule has 1 aliphatic rings. The Bertz CT molecular complexity index is 575. The Kier molecular flexibility index (Phi) is 2.80. The highest BCUT2D eigenvalue weighted by atomic mass is 16.1. The number of aromatic amines is 1. The topological polar surface area (TPSA) is 39.3 Å². The third-order valence-corrected chi connectivity index (χ3v) is 3.56. The van der Waals surface area contributed by atoms with E-state index in [1.165, 1.54) is 22.2 Å². The quantitative estimate of drug-likeness (QED) is 0.831. The SMILES string of the molecule is CN(C=O)CN1CCc2c([nH]c3ccccc23)C1. The molecule has 0 fully saturated rings. The van der Waals surface area contributed by atoms with Gasteiger partial charge in [-0.15, -0.1) is 0 Å². The molecule has 1 aromatic heterocycles. The maximum Gasteiger partial charge on any atom is 0.210 e. The van der Waals surface area contributed by atoms with Crippen LogP contribution >= 0.6 is 0 Å². The molecule has 0 unspecified atom stereocenters. The van der Waals surface area contributed by atoms with E-state index < -0.39 is 0 Å². The first kappa shape index (κ1) is 11.3. The number of H-pyrrole nitrogens is 1. The second-order valence-corrected chi connectivity index (χ2v) is 4.93. The van der Waals surface area contributed by atoms with Gasteiger partial charge in [-0.2, -0.15) is 0 Å². The van der Waals surface area contributed by atoms with Gasteiger partial charge in [0.1, 0.15) is 0 Å². The zero-order chi connectivity index (χ0) is 12.5. The summed E-state index contributed by atoms with van der Waals surface area (Å²) in [6.07, 6.45) is 1.92. The van der Waals surface area contributed by atoms with E-state index in [0.717, 1.165) is 25.9 Å². The molecule has 3 rings (SSSR count). The van der Waals surface area contributed by atoms with Crippen molar-refractivity contribution in [3.8, 4) is 0 Å². The molecule has 2 heterocycles. The predicted octanol–water partition coefficient (Wildman–Crippen LogP) is 1.57. The molecule has 1 N–H and O–H groups in total. The number of nitrogens with one attached hydrogen (secondary N) is 1. The van der Waals surface area contributed by atoms with Crippen molar-refractivity contribution in [2.75, 3.05) is 20.3 Å². The highest BCUT2D eigenvalue weighted by Crippen LogP contribution is 2.27. The van der Waals surface area contributed by atoms with Gasteiger partial charge >= 0.3 is 0 Å². The summed E-state index contributed by atoms with van der Waals surface area (Å²) in [6, 6.07) is 8.44. The van der Waals surface area contributed by atoms with Crippen LogP contribution in [0, 0.1) is 0 Å². The lowest BCUT2D eigenvalue weighted by Gasteiger charge is -2.29. The Morgan fingerprint density at radius 1 is 1.44 bits per heavy atom. The molecule has 4 heteroatoms. The van der Waals surface area contributed by atoms with Gasteiger partial charge in [0, 0.05) is 36.7 Å². The van der Waals surface area contributed by atoms with E-state index in [1.807, 2.05) is 7.05 Å². The van der Waals surface area contributed by atoms with Crippen LogP contribution in [0.15, 0.2) is 24.3 Å². The minimum atomic E-state index is 0.693. The summed E-state index contributed by atoms with van der Waals surface area (Å²) >= 11 is 0. The highest BCUT2D eigenvalue weighted by Gasteiger charge is 2.20. The maximum absolute atomic E-state index is 10.7. The lowest BCUT2D eigenvalue weighted by atomic mass is 10.0. The maximum atomic E-state index is 10.7. The Morgan fingerprint density at radius 2 is 2.28 bits per heavy atom. The second-order valence-electron chi connectivity index (χ2n) is 4.93. The van der Waals surface area contributed by atoms with Crippen molar-refractivity contribution in [3.05, 3.63) is 35.5 Å². The van der Waals surface area contributed by atoms with E-state index in [0.29, 0.717) is 6.67 Å². The van der Waals surface area contributed by atoms with Crippen molar-refractivity contribution in [1.29, 1.82) is 0 Å². The molecular weight excluding hydrogens is 226 g/mol. The van der Waals surface area contributed by atoms with Crippen LogP contribution in [0.2, 0.25) is 0 Å². The lowest BCUT2D eigenvalue weighted by Crippen LogP contribution is -2.38. The standard InChI is InChI=1S/C14H17N3O/c1-16(10-18)9-17-7-6-12-11-4-2-3-5-13(11)15-14(12)8-17/h2-5,10,15H,6-9H2,1H3. The van der Waals surface area contributed by atoms with Crippen LogP contribution in [0.4, 0.5) is 0 Å². The molecule has 0 saturated heterocycles. The van der Waals surface area contributed by atoms with Crippen molar-refractivity contribution in [2.24, 2.45) is 0 Å². The molecule has 1 amide bonds. The Balaban J connectivity index is 1.87. The van der Waals surface area contributed by atoms with Crippen LogP contribution in [0.1, 0.15) is 11.3 Å². The van der Waals surface area contributed by atoms with Gasteiger partial charge in [0.15, 0.2) is 0 Å². The summed E-state index contributed by atoms with van der Waals surface area (Å²) in [5.41, 5.74) is 3.95. The molecule has 18 heavy (non-hydrogen) atoms. The average molecular weight is 243 g/mol. The molecule has 94 valence electrons. The number of para-hydroxylation sites is 1. The number of carbonyl (C=O) groups excluding carboxylic acids is 1. The number of nitrogens with zero attached hydrogens (tertiary/aromatic N) is 2. The molecule has 2 aromatic rings. The number of hydrogen-bond donors (Lipinski definition) is 1. The smallest absolute Gasteiger partial charge is 0.210 e. The number of aromatic nitrogens is 1. The van der Waals surface area contributed by atoms with Gasteiger partial charge in [-0.1, -0.05) is 18.2 Å². The van der Waals surface area contributed by atoms with Gasteiger partial charge in [0.25, 0.3) is 0 Å². The minimum absolute atomic E-state index is 0.693. The van der Waals surface area contributed by atoms with E-state index in [2.05, 4.69) is 34.1 Å². The van der Waals surface area contributed by atoms with Gasteiger partial charge in [-0.25, -0.2) is 0 Å². The van der Waals surface area contributed by atoms with Crippen molar-refractivity contribution >= 4 is 17.3 Å². The van der Waals surface area contributed by atoms with Crippen LogP contribution in [0.25, 0.3) is 10.9 Å². The van der Waals surface area contributed by atoms with Crippen molar-refractivity contribution in [2.45, 2.75) is 13.0 Å². The Labute approximate surface area is 106 Å². The number of fused-ring (bicyclic) bond motifs is 3. The molecule has 0 aliphatic carbocycles. The van der Waals surface area contributed by atoms with Crippen molar-refractivity contribution in [1.82, 2.24) is 14.8 Å². The zero-order valence-corrected chi connectivity index (χ0v) is 10.5. The summed E-state index contributed by atoms with van der Waals surface area (Å²) in [6.45, 7) is 2.59. The first-order chi connectivity index (χ1) is 8.78. The van der Waals surface area contributed by atoms with Gasteiger partial charge in [-0.05, 0) is 18.1 Å². The number of rotatable bonds is 3. The first-order valence-corrected chi connectivity index (χ1v) is 6.24. The minimum Gasteiger partial charge on any atom is -0.357 e. The summed E-state index contributed by atoms with van der Waals surface area (Å²) in [5.74, 6) is 0. The Hall–Kier alpha value is -1.81. The fourth-order valence-corrected chi connectivity index (χ4v) is 2.72. The molecule has 4 nitrogen and oxygen atoms in total. The van der Waals surface area contributed by atoms with Crippen LogP contribution in [0.3, 0.4) is 0 Å². The molecule has 0 bridgehead atoms. The van der Waals surface area contributed by atoms with E-state index in [1.54, 1.807) is 4.90 Å². The van der Waals surface area contributed by atoms with Crippen LogP contribution < -0.4 is 0 Å². The van der Waals surface area contributed by atoms with E-state index in [9.17, 15) is 4.79 Å². The molecule has 1 aliphatic heterocycles. The Morgan fingerprint density at radius 3 is 3.11 bits per heavy atom. The molecule has 0 atom stereocenters. The van der Waals surface area contributed by atoms with E-state index in [-0.39, 0.29) is 0 Å². The second kappa shape index (κ2) is 4.46. The third kappa shape index (κ3) is 1.88. The lowest BCUT2D eigenvalue weighted by molar-refractivity contribution is -0.118. The van der Waals surface area contributed by atoms with Crippen LogP contribution in [-0.4, -0.2) is 41.5 Å². The number of amides is 1. The van der Waals surface area contributed by atoms with Gasteiger partial charge in [0.2, 0.25) is 6.41 Å². The van der Waals surface area contributed by atoms with Crippen molar-refractivity contribution < 1.29 is 4.79 Å². The predicted molar refractivity (Wildman–Crippen MR) is 71.1 cm³/mol.